The summed E-state index contributed by atoms with van der Waals surface area (Å²) in [5.41, 5.74) is 9.34. The largest absolute Gasteiger partial charge is 0.399 e. The van der Waals surface area contributed by atoms with Crippen LogP contribution in [0.25, 0.3) is 11.0 Å². The van der Waals surface area contributed by atoms with Gasteiger partial charge in [-0.15, -0.1) is 0 Å². The molecule has 0 bridgehead atoms. The number of nitrogen functional groups attached to an aromatic ring is 1. The van der Waals surface area contributed by atoms with Crippen molar-refractivity contribution >= 4 is 28.4 Å². The quantitative estimate of drug-likeness (QED) is 0.621. The first-order valence-electron chi connectivity index (χ1n) is 6.16. The van der Waals surface area contributed by atoms with Crippen LogP contribution in [-0.2, 0) is 0 Å². The van der Waals surface area contributed by atoms with E-state index in [1.807, 2.05) is 18.2 Å². The van der Waals surface area contributed by atoms with E-state index in [2.05, 4.69) is 15.3 Å². The van der Waals surface area contributed by atoms with E-state index in [0.29, 0.717) is 28.5 Å². The minimum Gasteiger partial charge on any atom is -0.399 e. The fourth-order valence-corrected chi connectivity index (χ4v) is 2.04. The minimum absolute atomic E-state index is 0.322. The van der Waals surface area contributed by atoms with Crippen LogP contribution in [0.3, 0.4) is 0 Å². The van der Waals surface area contributed by atoms with E-state index in [4.69, 9.17) is 16.3 Å². The highest BCUT2D eigenvalue weighted by atomic mass is 15.1. The summed E-state index contributed by atoms with van der Waals surface area (Å²) in [6.07, 6.45) is 0. The van der Waals surface area contributed by atoms with Crippen molar-refractivity contribution in [2.45, 2.75) is 0 Å². The summed E-state index contributed by atoms with van der Waals surface area (Å²) in [4.78, 5) is 7.48. The predicted molar refractivity (Wildman–Crippen MR) is 79.7 cm³/mol. The highest BCUT2D eigenvalue weighted by molar-refractivity contribution is 5.81. The highest BCUT2D eigenvalue weighted by Crippen LogP contribution is 2.21. The molecule has 0 aliphatic heterocycles. The molecule has 21 heavy (non-hydrogen) atoms. The molecular weight excluding hydrogens is 264 g/mol. The zero-order chi connectivity index (χ0) is 14.8. The normalized spacial score (nSPS) is 10.0. The van der Waals surface area contributed by atoms with Crippen LogP contribution in [0.15, 0.2) is 36.4 Å². The average molecular weight is 274 g/mol. The molecule has 3 aromatic rings. The molecule has 0 unspecified atom stereocenters. The maximum absolute atomic E-state index is 9.02. The Labute approximate surface area is 120 Å². The van der Waals surface area contributed by atoms with Gasteiger partial charge in [-0.25, -0.2) is 4.98 Å². The second kappa shape index (κ2) is 4.87. The number of rotatable bonds is 2. The Morgan fingerprint density at radius 3 is 2.62 bits per heavy atom. The number of hydrogen-bond acceptors (Lipinski definition) is 5. The molecule has 4 N–H and O–H groups in total. The number of aromatic amines is 1. The van der Waals surface area contributed by atoms with E-state index in [1.165, 1.54) is 0 Å². The number of nitriles is 2. The number of nitrogens with two attached hydrogens (primary N) is 1. The smallest absolute Gasteiger partial charge is 0.205 e. The average Bonchev–Trinajstić information content (AvgIpc) is 2.88. The van der Waals surface area contributed by atoms with E-state index in [9.17, 15) is 0 Å². The fraction of sp³-hybridized carbons (Fsp3) is 0. The van der Waals surface area contributed by atoms with Gasteiger partial charge in [0.05, 0.1) is 22.2 Å². The molecule has 1 heterocycles. The summed E-state index contributed by atoms with van der Waals surface area (Å²) in [5, 5.41) is 21.0. The van der Waals surface area contributed by atoms with Crippen molar-refractivity contribution in [3.05, 3.63) is 47.5 Å². The number of anilines is 3. The number of hydrogen-bond donors (Lipinski definition) is 3. The third-order valence-electron chi connectivity index (χ3n) is 3.03. The van der Waals surface area contributed by atoms with E-state index in [0.717, 1.165) is 11.0 Å². The summed E-state index contributed by atoms with van der Waals surface area (Å²) >= 11 is 0. The van der Waals surface area contributed by atoms with Gasteiger partial charge in [-0.3, -0.25) is 0 Å². The van der Waals surface area contributed by atoms with Crippen molar-refractivity contribution < 1.29 is 0 Å². The van der Waals surface area contributed by atoms with Crippen molar-refractivity contribution in [3.8, 4) is 12.1 Å². The molecular formula is C15H10N6. The molecule has 2 aromatic carbocycles. The van der Waals surface area contributed by atoms with Gasteiger partial charge in [-0.1, -0.05) is 0 Å². The van der Waals surface area contributed by atoms with Gasteiger partial charge in [0.15, 0.2) is 0 Å². The first-order valence-corrected chi connectivity index (χ1v) is 6.16. The summed E-state index contributed by atoms with van der Waals surface area (Å²) in [7, 11) is 0. The van der Waals surface area contributed by atoms with Crippen molar-refractivity contribution in [1.82, 2.24) is 9.97 Å². The van der Waals surface area contributed by atoms with Gasteiger partial charge in [0.25, 0.3) is 0 Å². The number of fused-ring (bicyclic) bond motifs is 1. The topological polar surface area (TPSA) is 114 Å². The molecule has 0 spiro atoms. The molecule has 6 nitrogen and oxygen atoms in total. The highest BCUT2D eigenvalue weighted by Gasteiger charge is 2.06. The number of aromatic nitrogens is 2. The standard InChI is InChI=1S/C15H10N6/c16-7-9-1-3-12(5-10(9)8-17)19-15-20-13-4-2-11(18)6-14(13)21-15/h1-6H,18H2,(H2,19,20,21). The van der Waals surface area contributed by atoms with Gasteiger partial charge in [0.1, 0.15) is 12.1 Å². The first-order chi connectivity index (χ1) is 10.2. The van der Waals surface area contributed by atoms with Crippen molar-refractivity contribution in [2.24, 2.45) is 0 Å². The van der Waals surface area contributed by atoms with Crippen LogP contribution in [0.2, 0.25) is 0 Å². The molecule has 0 saturated heterocycles. The van der Waals surface area contributed by atoms with Crippen LogP contribution >= 0.6 is 0 Å². The van der Waals surface area contributed by atoms with Crippen LogP contribution in [0.5, 0.6) is 0 Å². The Balaban J connectivity index is 1.95. The minimum atomic E-state index is 0.322. The fourth-order valence-electron chi connectivity index (χ4n) is 2.04. The molecule has 100 valence electrons. The summed E-state index contributed by atoms with van der Waals surface area (Å²) in [6.45, 7) is 0. The molecule has 0 atom stereocenters. The molecule has 0 saturated carbocycles. The van der Waals surface area contributed by atoms with Gasteiger partial charge in [0, 0.05) is 11.4 Å². The van der Waals surface area contributed by atoms with Crippen LogP contribution < -0.4 is 11.1 Å². The molecule has 0 aliphatic carbocycles. The first kappa shape index (κ1) is 12.5. The van der Waals surface area contributed by atoms with Gasteiger partial charge < -0.3 is 16.0 Å². The monoisotopic (exact) mass is 274 g/mol. The Hall–Kier alpha value is -3.51. The molecule has 0 radical (unpaired) electrons. The number of nitrogens with one attached hydrogen (secondary N) is 2. The third-order valence-corrected chi connectivity index (χ3v) is 3.03. The molecule has 0 fully saturated rings. The van der Waals surface area contributed by atoms with Crippen LogP contribution in [0.1, 0.15) is 11.1 Å². The van der Waals surface area contributed by atoms with Crippen LogP contribution in [0, 0.1) is 22.7 Å². The van der Waals surface area contributed by atoms with Crippen LogP contribution in [0.4, 0.5) is 17.3 Å². The van der Waals surface area contributed by atoms with E-state index >= 15 is 0 Å². The van der Waals surface area contributed by atoms with Crippen molar-refractivity contribution in [3.63, 3.8) is 0 Å². The van der Waals surface area contributed by atoms with E-state index < -0.39 is 0 Å². The predicted octanol–water partition coefficient (Wildman–Crippen LogP) is 2.63. The molecule has 1 aromatic heterocycles. The zero-order valence-electron chi connectivity index (χ0n) is 10.9. The second-order valence-electron chi connectivity index (χ2n) is 4.47. The molecule has 0 aliphatic rings. The Morgan fingerprint density at radius 2 is 1.86 bits per heavy atom. The Bertz CT molecular complexity index is 910. The summed E-state index contributed by atoms with van der Waals surface area (Å²) in [6, 6.07) is 14.3. The van der Waals surface area contributed by atoms with Gasteiger partial charge in [-0.05, 0) is 36.4 Å². The van der Waals surface area contributed by atoms with Crippen molar-refractivity contribution in [2.75, 3.05) is 11.1 Å². The lowest BCUT2D eigenvalue weighted by Gasteiger charge is -2.03. The number of H-pyrrole nitrogens is 1. The molecule has 3 rings (SSSR count). The number of benzene rings is 2. The molecule has 0 amide bonds. The van der Waals surface area contributed by atoms with E-state index in [-0.39, 0.29) is 0 Å². The lowest BCUT2D eigenvalue weighted by molar-refractivity contribution is 1.31. The van der Waals surface area contributed by atoms with E-state index in [1.54, 1.807) is 30.3 Å². The zero-order valence-corrected chi connectivity index (χ0v) is 10.9. The van der Waals surface area contributed by atoms with Gasteiger partial charge >= 0.3 is 0 Å². The SMILES string of the molecule is N#Cc1ccc(Nc2nc3ccc(N)cc3[nH]2)cc1C#N. The van der Waals surface area contributed by atoms with Crippen LogP contribution in [-0.4, -0.2) is 9.97 Å². The third kappa shape index (κ3) is 2.34. The summed E-state index contributed by atoms with van der Waals surface area (Å²) < 4.78 is 0. The van der Waals surface area contributed by atoms with Crippen molar-refractivity contribution in [1.29, 1.82) is 10.5 Å². The van der Waals surface area contributed by atoms with Gasteiger partial charge in [-0.2, -0.15) is 10.5 Å². The maximum atomic E-state index is 9.02. The lowest BCUT2D eigenvalue weighted by atomic mass is 10.1. The number of imidazole rings is 1. The molecule has 6 heteroatoms. The maximum Gasteiger partial charge on any atom is 0.205 e. The summed E-state index contributed by atoms with van der Waals surface area (Å²) in [5.74, 6) is 0.546. The number of nitrogens with zero attached hydrogens (tertiary/aromatic N) is 3. The Kier molecular flexibility index (Phi) is 2.91. The second-order valence-corrected chi connectivity index (χ2v) is 4.47. The lowest BCUT2D eigenvalue weighted by Crippen LogP contribution is -1.94. The Morgan fingerprint density at radius 1 is 1.05 bits per heavy atom. The van der Waals surface area contributed by atoms with Gasteiger partial charge in [0.2, 0.25) is 5.95 Å².